The Morgan fingerprint density at radius 3 is 2.58 bits per heavy atom. The Labute approximate surface area is 151 Å². The fourth-order valence-electron chi connectivity index (χ4n) is 4.84. The molecule has 0 unspecified atom stereocenters. The third-order valence-electron chi connectivity index (χ3n) is 6.98. The normalized spacial score (nSPS) is 52.1. The van der Waals surface area contributed by atoms with Crippen LogP contribution in [0.3, 0.4) is 0 Å². The SMILES string of the molecule is C[C@@H]1C(=O)O[C@@H]2[C@H]1[C@@H](OC(=O)[C@@]1(C)CO1)C[C@H](C)[C@]1(O)C=CC(=O)[C@@]21C. The Bertz CT molecular complexity index is 723. The van der Waals surface area contributed by atoms with Gasteiger partial charge in [0.25, 0.3) is 0 Å². The van der Waals surface area contributed by atoms with Crippen molar-refractivity contribution >= 4 is 17.7 Å². The molecular weight excluding hydrogens is 340 g/mol. The zero-order chi connectivity index (χ0) is 19.1. The van der Waals surface area contributed by atoms with Crippen LogP contribution in [0.15, 0.2) is 12.2 Å². The fourth-order valence-corrected chi connectivity index (χ4v) is 4.84. The summed E-state index contributed by atoms with van der Waals surface area (Å²) in [5.74, 6) is -2.59. The summed E-state index contributed by atoms with van der Waals surface area (Å²) < 4.78 is 16.5. The van der Waals surface area contributed by atoms with Crippen molar-refractivity contribution in [3.63, 3.8) is 0 Å². The van der Waals surface area contributed by atoms with Crippen molar-refractivity contribution in [1.82, 2.24) is 0 Å². The second kappa shape index (κ2) is 5.16. The number of esters is 2. The average Bonchev–Trinajstić information content (AvgIpc) is 3.22. The van der Waals surface area contributed by atoms with Crippen molar-refractivity contribution < 1.29 is 33.7 Å². The van der Waals surface area contributed by atoms with Crippen LogP contribution in [0, 0.1) is 23.2 Å². The van der Waals surface area contributed by atoms with E-state index in [1.165, 1.54) is 12.2 Å². The van der Waals surface area contributed by atoms with Crippen molar-refractivity contribution in [2.75, 3.05) is 6.61 Å². The van der Waals surface area contributed by atoms with Crippen molar-refractivity contribution in [2.24, 2.45) is 23.2 Å². The van der Waals surface area contributed by atoms with Crippen LogP contribution in [0.25, 0.3) is 0 Å². The third-order valence-corrected chi connectivity index (χ3v) is 6.98. The fraction of sp³-hybridized carbons (Fsp3) is 0.737. The Morgan fingerprint density at radius 1 is 1.31 bits per heavy atom. The minimum Gasteiger partial charge on any atom is -0.460 e. The standard InChI is InChI=1S/C19H24O7/c1-9-7-11(25-16(22)17(3)8-24-17)13-10(2)15(21)26-14(13)18(4)12(20)5-6-19(9,18)23/h5-6,9-11,13-14,23H,7-8H2,1-4H3/t9-,10-,11-,13+,14+,17+,18-,19+/m0/s1. The number of fused-ring (bicyclic) bond motifs is 3. The highest BCUT2D eigenvalue weighted by Crippen LogP contribution is 2.57. The molecule has 2 aliphatic heterocycles. The summed E-state index contributed by atoms with van der Waals surface area (Å²) in [5.41, 5.74) is -3.69. The van der Waals surface area contributed by atoms with Crippen LogP contribution in [-0.2, 0) is 28.6 Å². The maximum absolute atomic E-state index is 12.7. The van der Waals surface area contributed by atoms with Crippen LogP contribution in [0.5, 0.6) is 0 Å². The van der Waals surface area contributed by atoms with Crippen LogP contribution in [0.2, 0.25) is 0 Å². The van der Waals surface area contributed by atoms with Crippen molar-refractivity contribution in [1.29, 1.82) is 0 Å². The average molecular weight is 364 g/mol. The highest BCUT2D eigenvalue weighted by Gasteiger charge is 2.69. The zero-order valence-electron chi connectivity index (χ0n) is 15.4. The van der Waals surface area contributed by atoms with E-state index in [0.717, 1.165) is 0 Å². The topological polar surface area (TPSA) is 102 Å². The van der Waals surface area contributed by atoms with E-state index in [-0.39, 0.29) is 11.7 Å². The van der Waals surface area contributed by atoms with Crippen LogP contribution < -0.4 is 0 Å². The molecule has 8 atom stereocenters. The monoisotopic (exact) mass is 364 g/mol. The number of carbonyl (C=O) groups excluding carboxylic acids is 3. The molecule has 0 aromatic carbocycles. The third kappa shape index (κ3) is 2.04. The maximum Gasteiger partial charge on any atom is 0.340 e. The molecule has 2 heterocycles. The van der Waals surface area contributed by atoms with Crippen molar-refractivity contribution in [3.05, 3.63) is 12.2 Å². The van der Waals surface area contributed by atoms with Gasteiger partial charge < -0.3 is 19.3 Å². The van der Waals surface area contributed by atoms with Crippen LogP contribution in [0.4, 0.5) is 0 Å². The number of carbonyl (C=O) groups is 3. The van der Waals surface area contributed by atoms with Gasteiger partial charge in [0.1, 0.15) is 17.8 Å². The highest BCUT2D eigenvalue weighted by atomic mass is 16.6. The van der Waals surface area contributed by atoms with Gasteiger partial charge >= 0.3 is 11.9 Å². The lowest BCUT2D eigenvalue weighted by atomic mass is 9.64. The molecule has 0 bridgehead atoms. The number of hydrogen-bond acceptors (Lipinski definition) is 7. The Kier molecular flexibility index (Phi) is 3.51. The molecule has 1 N–H and O–H groups in total. The molecule has 2 aliphatic carbocycles. The first-order valence-corrected chi connectivity index (χ1v) is 9.06. The van der Waals surface area contributed by atoms with Crippen LogP contribution in [-0.4, -0.2) is 52.8 Å². The molecule has 4 aliphatic rings. The van der Waals surface area contributed by atoms with E-state index >= 15 is 0 Å². The molecule has 4 rings (SSSR count). The Hall–Kier alpha value is -1.73. The smallest absolute Gasteiger partial charge is 0.340 e. The first-order valence-electron chi connectivity index (χ1n) is 9.06. The summed E-state index contributed by atoms with van der Waals surface area (Å²) in [6, 6.07) is 0. The van der Waals surface area contributed by atoms with Gasteiger partial charge in [-0.1, -0.05) is 13.8 Å². The van der Waals surface area contributed by atoms with Gasteiger partial charge in [0.2, 0.25) is 0 Å². The molecular formula is C19H24O7. The van der Waals surface area contributed by atoms with Gasteiger partial charge in [-0.3, -0.25) is 9.59 Å². The number of epoxide rings is 1. The first-order chi connectivity index (χ1) is 12.0. The number of allylic oxidation sites excluding steroid dienone is 1. The predicted molar refractivity (Wildman–Crippen MR) is 87.8 cm³/mol. The van der Waals surface area contributed by atoms with Gasteiger partial charge in [-0.05, 0) is 38.3 Å². The molecule has 0 aromatic heterocycles. The van der Waals surface area contributed by atoms with E-state index in [1.807, 2.05) is 6.92 Å². The summed E-state index contributed by atoms with van der Waals surface area (Å²) in [7, 11) is 0. The lowest BCUT2D eigenvalue weighted by molar-refractivity contribution is -0.167. The van der Waals surface area contributed by atoms with Gasteiger partial charge in [0, 0.05) is 5.92 Å². The Balaban J connectivity index is 1.76. The largest absolute Gasteiger partial charge is 0.460 e. The molecule has 7 heteroatoms. The summed E-state index contributed by atoms with van der Waals surface area (Å²) in [5, 5.41) is 11.4. The minimum atomic E-state index is -1.46. The molecule has 0 amide bonds. The van der Waals surface area contributed by atoms with E-state index in [2.05, 4.69) is 0 Å². The molecule has 142 valence electrons. The molecule has 3 fully saturated rings. The van der Waals surface area contributed by atoms with Crippen LogP contribution >= 0.6 is 0 Å². The van der Waals surface area contributed by atoms with Gasteiger partial charge in [-0.15, -0.1) is 0 Å². The number of hydrogen-bond donors (Lipinski definition) is 1. The second-order valence-corrected chi connectivity index (χ2v) is 8.55. The lowest BCUT2D eigenvalue weighted by Gasteiger charge is -2.43. The van der Waals surface area contributed by atoms with Crippen LogP contribution in [0.1, 0.15) is 34.1 Å². The van der Waals surface area contributed by atoms with E-state index < -0.39 is 52.6 Å². The number of ether oxygens (including phenoxy) is 3. The number of aliphatic hydroxyl groups is 1. The van der Waals surface area contributed by atoms with E-state index in [0.29, 0.717) is 13.0 Å². The van der Waals surface area contributed by atoms with Crippen molar-refractivity contribution in [3.8, 4) is 0 Å². The number of ketones is 1. The van der Waals surface area contributed by atoms with Gasteiger partial charge in [0.05, 0.1) is 17.9 Å². The van der Waals surface area contributed by atoms with Crippen molar-refractivity contribution in [2.45, 2.75) is 57.5 Å². The predicted octanol–water partition coefficient (Wildman–Crippen LogP) is 0.781. The molecule has 2 saturated heterocycles. The van der Waals surface area contributed by atoms with Gasteiger partial charge in [-0.2, -0.15) is 0 Å². The first kappa shape index (κ1) is 17.7. The molecule has 0 radical (unpaired) electrons. The van der Waals surface area contributed by atoms with Gasteiger partial charge in [-0.25, -0.2) is 4.79 Å². The Morgan fingerprint density at radius 2 is 1.96 bits per heavy atom. The molecule has 0 aromatic rings. The van der Waals surface area contributed by atoms with E-state index in [4.69, 9.17) is 14.2 Å². The van der Waals surface area contributed by atoms with E-state index in [1.54, 1.807) is 20.8 Å². The zero-order valence-corrected chi connectivity index (χ0v) is 15.4. The molecule has 0 spiro atoms. The quantitative estimate of drug-likeness (QED) is 0.570. The molecule has 1 saturated carbocycles. The molecule has 7 nitrogen and oxygen atoms in total. The maximum atomic E-state index is 12.7. The summed E-state index contributed by atoms with van der Waals surface area (Å²) in [6.07, 6.45) is 1.71. The minimum absolute atomic E-state index is 0.270. The highest BCUT2D eigenvalue weighted by molar-refractivity contribution is 6.00. The lowest BCUT2D eigenvalue weighted by Crippen LogP contribution is -2.57. The molecule has 26 heavy (non-hydrogen) atoms. The van der Waals surface area contributed by atoms with E-state index in [9.17, 15) is 19.5 Å². The summed E-state index contributed by atoms with van der Waals surface area (Å²) in [6.45, 7) is 7.14. The second-order valence-electron chi connectivity index (χ2n) is 8.55. The summed E-state index contributed by atoms with van der Waals surface area (Å²) >= 11 is 0. The summed E-state index contributed by atoms with van der Waals surface area (Å²) in [4.78, 5) is 37.5. The number of rotatable bonds is 2. The van der Waals surface area contributed by atoms with Gasteiger partial charge in [0.15, 0.2) is 11.4 Å².